The molecule has 0 unspecified atom stereocenters. The van der Waals surface area contributed by atoms with Crippen LogP contribution in [0, 0.1) is 0 Å². The van der Waals surface area contributed by atoms with Crippen molar-refractivity contribution in [3.8, 4) is 0 Å². The maximum absolute atomic E-state index is 5.77. The van der Waals surface area contributed by atoms with E-state index in [1.165, 1.54) is 5.56 Å². The normalized spacial score (nSPS) is 9.69. The Morgan fingerprint density at radius 1 is 1.23 bits per heavy atom. The highest BCUT2D eigenvalue weighted by Gasteiger charge is 1.97. The summed E-state index contributed by atoms with van der Waals surface area (Å²) in [5, 5.41) is 0.768. The Balaban J connectivity index is 2.70. The third kappa shape index (κ3) is 3.08. The van der Waals surface area contributed by atoms with Gasteiger partial charge in [0.15, 0.2) is 0 Å². The molecular weight excluding hydrogens is 180 g/mol. The highest BCUT2D eigenvalue weighted by molar-refractivity contribution is 6.30. The molecule has 0 saturated heterocycles. The summed E-state index contributed by atoms with van der Waals surface area (Å²) >= 11 is 5.77. The lowest BCUT2D eigenvalue weighted by molar-refractivity contribution is 1.16. The summed E-state index contributed by atoms with van der Waals surface area (Å²) in [6.07, 6.45) is 0.854. The first-order chi connectivity index (χ1) is 6.09. The summed E-state index contributed by atoms with van der Waals surface area (Å²) in [7, 11) is 0. The molecule has 0 N–H and O–H groups in total. The Bertz CT molecular complexity index is 319. The molecule has 0 aliphatic rings. The molecule has 0 spiro atoms. The minimum Gasteiger partial charge on any atom is -0.0958 e. The summed E-state index contributed by atoms with van der Waals surface area (Å²) in [6.45, 7) is 9.75. The van der Waals surface area contributed by atoms with Crippen LogP contribution in [0.5, 0.6) is 0 Å². The molecule has 1 aromatic rings. The molecule has 1 rings (SSSR count). The number of hydrogen-bond acceptors (Lipinski definition) is 0. The summed E-state index contributed by atoms with van der Waals surface area (Å²) in [5.74, 6) is 0. The van der Waals surface area contributed by atoms with Crippen LogP contribution in [0.2, 0.25) is 5.02 Å². The summed E-state index contributed by atoms with van der Waals surface area (Å²) in [6, 6.07) is 7.80. The van der Waals surface area contributed by atoms with Gasteiger partial charge in [0, 0.05) is 5.02 Å². The fourth-order valence-electron chi connectivity index (χ4n) is 1.000. The average Bonchev–Trinajstić information content (AvgIpc) is 2.08. The van der Waals surface area contributed by atoms with Gasteiger partial charge in [0.2, 0.25) is 0 Å². The van der Waals surface area contributed by atoms with E-state index >= 15 is 0 Å². The molecule has 0 atom stereocenters. The van der Waals surface area contributed by atoms with Crippen molar-refractivity contribution in [1.82, 2.24) is 0 Å². The van der Waals surface area contributed by atoms with Gasteiger partial charge in [0.05, 0.1) is 0 Å². The smallest absolute Gasteiger partial charge is 0.0406 e. The molecule has 0 radical (unpaired) electrons. The summed E-state index contributed by atoms with van der Waals surface area (Å²) in [4.78, 5) is 0. The Hall–Kier alpha value is -1.01. The van der Waals surface area contributed by atoms with E-state index in [1.54, 1.807) is 0 Å². The fourth-order valence-corrected chi connectivity index (χ4v) is 1.13. The van der Waals surface area contributed by atoms with E-state index in [4.69, 9.17) is 11.6 Å². The van der Waals surface area contributed by atoms with E-state index in [1.807, 2.05) is 31.2 Å². The summed E-state index contributed by atoms with van der Waals surface area (Å²) < 4.78 is 0. The summed E-state index contributed by atoms with van der Waals surface area (Å²) in [5.41, 5.74) is 3.33. The second-order valence-corrected chi connectivity index (χ2v) is 3.62. The molecular formula is C12H13Cl. The van der Waals surface area contributed by atoms with Crippen molar-refractivity contribution in [1.29, 1.82) is 0 Å². The first-order valence-corrected chi connectivity index (χ1v) is 4.55. The molecule has 13 heavy (non-hydrogen) atoms. The predicted octanol–water partition coefficient (Wildman–Crippen LogP) is 4.01. The Labute approximate surface area is 84.5 Å². The van der Waals surface area contributed by atoms with Gasteiger partial charge in [0.1, 0.15) is 0 Å². The van der Waals surface area contributed by atoms with Crippen LogP contribution in [0.25, 0.3) is 0 Å². The van der Waals surface area contributed by atoms with Crippen LogP contribution in [-0.4, -0.2) is 0 Å². The van der Waals surface area contributed by atoms with Crippen LogP contribution in [-0.2, 0) is 6.42 Å². The van der Waals surface area contributed by atoms with Gasteiger partial charge in [-0.25, -0.2) is 0 Å². The van der Waals surface area contributed by atoms with E-state index in [0.29, 0.717) is 0 Å². The zero-order valence-electron chi connectivity index (χ0n) is 7.81. The largest absolute Gasteiger partial charge is 0.0958 e. The van der Waals surface area contributed by atoms with Gasteiger partial charge >= 0.3 is 0 Å². The van der Waals surface area contributed by atoms with Gasteiger partial charge in [-0.05, 0) is 36.6 Å². The molecule has 0 bridgehead atoms. The van der Waals surface area contributed by atoms with Crippen molar-refractivity contribution < 1.29 is 0 Å². The van der Waals surface area contributed by atoms with E-state index < -0.39 is 0 Å². The van der Waals surface area contributed by atoms with Gasteiger partial charge < -0.3 is 0 Å². The number of halogens is 1. The predicted molar refractivity (Wildman–Crippen MR) is 59.1 cm³/mol. The molecule has 0 nitrogen and oxygen atoms in total. The monoisotopic (exact) mass is 192 g/mol. The third-order valence-corrected chi connectivity index (χ3v) is 2.19. The zero-order valence-corrected chi connectivity index (χ0v) is 8.56. The van der Waals surface area contributed by atoms with Crippen molar-refractivity contribution in [2.45, 2.75) is 13.3 Å². The highest BCUT2D eigenvalue weighted by atomic mass is 35.5. The first kappa shape index (κ1) is 10.1. The topological polar surface area (TPSA) is 0 Å². The lowest BCUT2D eigenvalue weighted by atomic mass is 10.0. The van der Waals surface area contributed by atoms with E-state index in [9.17, 15) is 0 Å². The van der Waals surface area contributed by atoms with Gasteiger partial charge in [-0.3, -0.25) is 0 Å². The highest BCUT2D eigenvalue weighted by Crippen LogP contribution is 2.15. The van der Waals surface area contributed by atoms with Crippen LogP contribution < -0.4 is 0 Å². The van der Waals surface area contributed by atoms with Gasteiger partial charge in [-0.15, -0.1) is 0 Å². The van der Waals surface area contributed by atoms with E-state index in [0.717, 1.165) is 22.6 Å². The quantitative estimate of drug-likeness (QED) is 0.635. The fraction of sp³-hybridized carbons (Fsp3) is 0.167. The van der Waals surface area contributed by atoms with Crippen molar-refractivity contribution in [2.75, 3.05) is 0 Å². The van der Waals surface area contributed by atoms with E-state index in [2.05, 4.69) is 13.2 Å². The maximum Gasteiger partial charge on any atom is 0.0406 e. The number of allylic oxidation sites excluding steroid dienone is 2. The minimum atomic E-state index is 0.768. The number of rotatable bonds is 3. The van der Waals surface area contributed by atoms with Crippen LogP contribution in [0.15, 0.2) is 48.6 Å². The van der Waals surface area contributed by atoms with Gasteiger partial charge in [-0.1, -0.05) is 42.5 Å². The lowest BCUT2D eigenvalue weighted by Crippen LogP contribution is -1.89. The molecule has 0 aromatic heterocycles. The zero-order chi connectivity index (χ0) is 9.84. The van der Waals surface area contributed by atoms with Crippen LogP contribution >= 0.6 is 11.6 Å². The molecule has 0 heterocycles. The van der Waals surface area contributed by atoms with Gasteiger partial charge in [0.25, 0.3) is 0 Å². The van der Waals surface area contributed by atoms with Crippen LogP contribution in [0.1, 0.15) is 12.5 Å². The van der Waals surface area contributed by atoms with E-state index in [-0.39, 0.29) is 0 Å². The Morgan fingerprint density at radius 3 is 2.23 bits per heavy atom. The molecule has 1 heteroatoms. The number of benzene rings is 1. The SMILES string of the molecule is C=C(C)C(=C)Cc1ccc(Cl)cc1. The lowest BCUT2D eigenvalue weighted by Gasteiger charge is -2.04. The Kier molecular flexibility index (Phi) is 3.32. The average molecular weight is 193 g/mol. The van der Waals surface area contributed by atoms with Crippen molar-refractivity contribution in [2.24, 2.45) is 0 Å². The van der Waals surface area contributed by atoms with Crippen molar-refractivity contribution >= 4 is 11.6 Å². The van der Waals surface area contributed by atoms with Crippen LogP contribution in [0.3, 0.4) is 0 Å². The third-order valence-electron chi connectivity index (χ3n) is 1.93. The molecule has 0 fully saturated rings. The minimum absolute atomic E-state index is 0.768. The maximum atomic E-state index is 5.77. The Morgan fingerprint density at radius 2 is 1.77 bits per heavy atom. The molecule has 68 valence electrons. The molecule has 0 aliphatic carbocycles. The molecule has 0 aliphatic heterocycles. The van der Waals surface area contributed by atoms with Crippen LogP contribution in [0.4, 0.5) is 0 Å². The second kappa shape index (κ2) is 4.29. The van der Waals surface area contributed by atoms with Crippen molar-refractivity contribution in [3.05, 3.63) is 59.2 Å². The molecule has 1 aromatic carbocycles. The molecule has 0 saturated carbocycles. The first-order valence-electron chi connectivity index (χ1n) is 4.17. The standard InChI is InChI=1S/C12H13Cl/c1-9(2)10(3)8-11-4-6-12(13)7-5-11/h4-7H,1,3,8H2,2H3. The second-order valence-electron chi connectivity index (χ2n) is 3.19. The number of hydrogen-bond donors (Lipinski definition) is 0. The van der Waals surface area contributed by atoms with Gasteiger partial charge in [-0.2, -0.15) is 0 Å². The molecule has 0 amide bonds. The van der Waals surface area contributed by atoms with Crippen molar-refractivity contribution in [3.63, 3.8) is 0 Å².